The van der Waals surface area contributed by atoms with Crippen LogP contribution in [-0.4, -0.2) is 10.4 Å². The molecule has 2 heteroatoms. The van der Waals surface area contributed by atoms with Gasteiger partial charge in [0.25, 0.3) is 0 Å². The maximum atomic E-state index is 11.6. The van der Waals surface area contributed by atoms with Gasteiger partial charge in [-0.1, -0.05) is 71.6 Å². The van der Waals surface area contributed by atoms with Crippen LogP contribution in [0.15, 0.2) is 18.5 Å². The average molecular weight is 291 g/mol. The molecule has 0 aromatic carbocycles. The van der Waals surface area contributed by atoms with Crippen LogP contribution >= 0.6 is 0 Å². The van der Waals surface area contributed by atoms with E-state index in [2.05, 4.69) is 11.5 Å². The standard InChI is InChI=1S/C19H33NO/c1-3-5-6-7-8-9-10-11-12-13-15-20-16-14-18(17-20)19(21)4-2/h14,16-17H,3-13,15H2,1-2H3. The summed E-state index contributed by atoms with van der Waals surface area (Å²) >= 11 is 0. The number of hydrogen-bond acceptors (Lipinski definition) is 1. The molecule has 1 aromatic rings. The Labute approximate surface area is 130 Å². The van der Waals surface area contributed by atoms with E-state index in [4.69, 9.17) is 0 Å². The van der Waals surface area contributed by atoms with Gasteiger partial charge in [0.15, 0.2) is 5.78 Å². The van der Waals surface area contributed by atoms with Gasteiger partial charge in [-0.25, -0.2) is 0 Å². The lowest BCUT2D eigenvalue weighted by Gasteiger charge is -2.04. The van der Waals surface area contributed by atoms with Crippen molar-refractivity contribution in [3.05, 3.63) is 24.0 Å². The SMILES string of the molecule is CCCCCCCCCCCCn1ccc(C(=O)CC)c1. The monoisotopic (exact) mass is 291 g/mol. The lowest BCUT2D eigenvalue weighted by atomic mass is 10.1. The molecule has 0 spiro atoms. The van der Waals surface area contributed by atoms with E-state index in [0.29, 0.717) is 6.42 Å². The second kappa shape index (κ2) is 11.6. The molecule has 0 unspecified atom stereocenters. The van der Waals surface area contributed by atoms with Crippen molar-refractivity contribution in [3.8, 4) is 0 Å². The number of aromatic nitrogens is 1. The van der Waals surface area contributed by atoms with E-state index in [0.717, 1.165) is 12.1 Å². The Morgan fingerprint density at radius 1 is 0.905 bits per heavy atom. The highest BCUT2D eigenvalue weighted by Gasteiger charge is 2.04. The number of nitrogens with zero attached hydrogens (tertiary/aromatic N) is 1. The molecule has 0 saturated heterocycles. The van der Waals surface area contributed by atoms with Crippen LogP contribution in [0.25, 0.3) is 0 Å². The molecule has 0 aliphatic heterocycles. The highest BCUT2D eigenvalue weighted by atomic mass is 16.1. The van der Waals surface area contributed by atoms with E-state index < -0.39 is 0 Å². The zero-order valence-electron chi connectivity index (χ0n) is 14.1. The van der Waals surface area contributed by atoms with Gasteiger partial charge in [-0.3, -0.25) is 4.79 Å². The molecule has 0 bridgehead atoms. The Bertz CT molecular complexity index is 381. The first kappa shape index (κ1) is 18.0. The number of carbonyl (C=O) groups is 1. The summed E-state index contributed by atoms with van der Waals surface area (Å²) in [5, 5.41) is 0. The fourth-order valence-corrected chi connectivity index (χ4v) is 2.73. The maximum absolute atomic E-state index is 11.6. The van der Waals surface area contributed by atoms with Crippen molar-refractivity contribution in [2.24, 2.45) is 0 Å². The predicted octanol–water partition coefficient (Wildman–Crippen LogP) is 6.00. The minimum absolute atomic E-state index is 0.247. The van der Waals surface area contributed by atoms with E-state index in [-0.39, 0.29) is 5.78 Å². The molecular formula is C19H33NO. The van der Waals surface area contributed by atoms with E-state index in [9.17, 15) is 4.79 Å². The number of Topliss-reactive ketones (excluding diaryl/α,β-unsaturated/α-hetero) is 1. The molecule has 2 nitrogen and oxygen atoms in total. The van der Waals surface area contributed by atoms with Crippen molar-refractivity contribution in [1.82, 2.24) is 4.57 Å². The van der Waals surface area contributed by atoms with Gasteiger partial charge in [-0.15, -0.1) is 0 Å². The first-order chi connectivity index (χ1) is 10.3. The normalized spacial score (nSPS) is 11.0. The van der Waals surface area contributed by atoms with Gasteiger partial charge in [0.1, 0.15) is 0 Å². The van der Waals surface area contributed by atoms with Crippen molar-refractivity contribution in [2.75, 3.05) is 0 Å². The molecule has 0 fully saturated rings. The molecule has 1 heterocycles. The molecule has 0 amide bonds. The predicted molar refractivity (Wildman–Crippen MR) is 90.9 cm³/mol. The van der Waals surface area contributed by atoms with Crippen molar-refractivity contribution in [2.45, 2.75) is 91.0 Å². The Morgan fingerprint density at radius 2 is 1.48 bits per heavy atom. The number of unbranched alkanes of at least 4 members (excludes halogenated alkanes) is 9. The summed E-state index contributed by atoms with van der Waals surface area (Å²) in [5.41, 5.74) is 0.865. The van der Waals surface area contributed by atoms with Crippen LogP contribution in [0, 0.1) is 0 Å². The summed E-state index contributed by atoms with van der Waals surface area (Å²) in [4.78, 5) is 11.6. The molecule has 0 N–H and O–H groups in total. The minimum atomic E-state index is 0.247. The third kappa shape index (κ3) is 8.08. The van der Waals surface area contributed by atoms with Crippen LogP contribution in [0.1, 0.15) is 94.8 Å². The van der Waals surface area contributed by atoms with Crippen LogP contribution in [0.5, 0.6) is 0 Å². The first-order valence-corrected chi connectivity index (χ1v) is 8.97. The van der Waals surface area contributed by atoms with Gasteiger partial charge in [0.2, 0.25) is 0 Å². The fourth-order valence-electron chi connectivity index (χ4n) is 2.73. The molecule has 0 aliphatic rings. The Kier molecular flexibility index (Phi) is 9.94. The van der Waals surface area contributed by atoms with Gasteiger partial charge < -0.3 is 4.57 Å². The van der Waals surface area contributed by atoms with E-state index >= 15 is 0 Å². The Morgan fingerprint density at radius 3 is 2.05 bits per heavy atom. The number of rotatable bonds is 13. The molecule has 0 saturated carbocycles. The Balaban J connectivity index is 1.97. The zero-order valence-corrected chi connectivity index (χ0v) is 14.1. The molecule has 21 heavy (non-hydrogen) atoms. The summed E-state index contributed by atoms with van der Waals surface area (Å²) in [6.07, 6.45) is 18.3. The summed E-state index contributed by atoms with van der Waals surface area (Å²) in [5.74, 6) is 0.247. The third-order valence-corrected chi connectivity index (χ3v) is 4.16. The van der Waals surface area contributed by atoms with Gasteiger partial charge in [-0.05, 0) is 12.5 Å². The molecule has 120 valence electrons. The molecule has 0 radical (unpaired) electrons. The van der Waals surface area contributed by atoms with Crippen LogP contribution in [0.3, 0.4) is 0 Å². The van der Waals surface area contributed by atoms with E-state index in [1.807, 2.05) is 25.4 Å². The second-order valence-corrected chi connectivity index (χ2v) is 6.10. The van der Waals surface area contributed by atoms with Crippen molar-refractivity contribution in [1.29, 1.82) is 0 Å². The summed E-state index contributed by atoms with van der Waals surface area (Å²) in [6, 6.07) is 1.95. The van der Waals surface area contributed by atoms with Crippen molar-refractivity contribution in [3.63, 3.8) is 0 Å². The number of aryl methyl sites for hydroxylation is 1. The fraction of sp³-hybridized carbons (Fsp3) is 0.737. The lowest BCUT2D eigenvalue weighted by molar-refractivity contribution is 0.0988. The lowest BCUT2D eigenvalue weighted by Crippen LogP contribution is -1.97. The molecule has 0 atom stereocenters. The zero-order chi connectivity index (χ0) is 15.3. The quantitative estimate of drug-likeness (QED) is 0.322. The topological polar surface area (TPSA) is 22.0 Å². The smallest absolute Gasteiger partial charge is 0.164 e. The van der Waals surface area contributed by atoms with Gasteiger partial charge >= 0.3 is 0 Å². The van der Waals surface area contributed by atoms with Gasteiger partial charge in [0, 0.05) is 30.9 Å². The minimum Gasteiger partial charge on any atom is -0.354 e. The largest absolute Gasteiger partial charge is 0.354 e. The van der Waals surface area contributed by atoms with Crippen LogP contribution in [-0.2, 0) is 6.54 Å². The van der Waals surface area contributed by atoms with Crippen LogP contribution in [0.4, 0.5) is 0 Å². The van der Waals surface area contributed by atoms with Crippen molar-refractivity contribution >= 4 is 5.78 Å². The van der Waals surface area contributed by atoms with Gasteiger partial charge in [-0.2, -0.15) is 0 Å². The molecule has 0 aliphatic carbocycles. The van der Waals surface area contributed by atoms with Gasteiger partial charge in [0.05, 0.1) is 0 Å². The van der Waals surface area contributed by atoms with E-state index in [1.54, 1.807) is 0 Å². The highest BCUT2D eigenvalue weighted by Crippen LogP contribution is 2.11. The number of hydrogen-bond donors (Lipinski definition) is 0. The summed E-state index contributed by atoms with van der Waals surface area (Å²) < 4.78 is 2.16. The number of carbonyl (C=O) groups excluding carboxylic acids is 1. The second-order valence-electron chi connectivity index (χ2n) is 6.10. The first-order valence-electron chi connectivity index (χ1n) is 8.97. The van der Waals surface area contributed by atoms with E-state index in [1.165, 1.54) is 64.2 Å². The van der Waals surface area contributed by atoms with Crippen LogP contribution < -0.4 is 0 Å². The summed E-state index contributed by atoms with van der Waals surface area (Å²) in [6.45, 7) is 5.24. The summed E-state index contributed by atoms with van der Waals surface area (Å²) in [7, 11) is 0. The Hall–Kier alpha value is -1.05. The molecule has 1 aromatic heterocycles. The highest BCUT2D eigenvalue weighted by molar-refractivity contribution is 5.95. The third-order valence-electron chi connectivity index (χ3n) is 4.16. The molecule has 1 rings (SSSR count). The maximum Gasteiger partial charge on any atom is 0.164 e. The van der Waals surface area contributed by atoms with Crippen LogP contribution in [0.2, 0.25) is 0 Å². The average Bonchev–Trinajstić information content (AvgIpc) is 2.97. The number of ketones is 1. The van der Waals surface area contributed by atoms with Crippen molar-refractivity contribution < 1.29 is 4.79 Å². The molecular weight excluding hydrogens is 258 g/mol.